The molecule has 0 aromatic carbocycles. The SMILES string of the molecule is Cc1cc(C(F)F)n(C(C)C)n1. The summed E-state index contributed by atoms with van der Waals surface area (Å²) in [5.41, 5.74) is 0.640. The summed E-state index contributed by atoms with van der Waals surface area (Å²) in [4.78, 5) is 0. The largest absolute Gasteiger partial charge is 0.280 e. The molecule has 0 aliphatic rings. The van der Waals surface area contributed by atoms with Gasteiger partial charge in [0.1, 0.15) is 5.69 Å². The van der Waals surface area contributed by atoms with Gasteiger partial charge in [0.25, 0.3) is 6.43 Å². The summed E-state index contributed by atoms with van der Waals surface area (Å²) in [5, 5.41) is 3.97. The van der Waals surface area contributed by atoms with Crippen molar-refractivity contribution in [2.75, 3.05) is 0 Å². The average molecular weight is 174 g/mol. The van der Waals surface area contributed by atoms with E-state index in [1.165, 1.54) is 10.7 Å². The van der Waals surface area contributed by atoms with Crippen molar-refractivity contribution in [3.8, 4) is 0 Å². The van der Waals surface area contributed by atoms with E-state index in [2.05, 4.69) is 5.10 Å². The maximum Gasteiger partial charge on any atom is 0.280 e. The van der Waals surface area contributed by atoms with Crippen molar-refractivity contribution in [2.45, 2.75) is 33.2 Å². The van der Waals surface area contributed by atoms with E-state index in [0.29, 0.717) is 5.69 Å². The highest BCUT2D eigenvalue weighted by atomic mass is 19.3. The Kier molecular flexibility index (Phi) is 2.45. The van der Waals surface area contributed by atoms with Crippen molar-refractivity contribution in [1.82, 2.24) is 9.78 Å². The number of halogens is 2. The second kappa shape index (κ2) is 3.21. The molecule has 0 bridgehead atoms. The molecule has 1 rings (SSSR count). The molecule has 68 valence electrons. The molecule has 12 heavy (non-hydrogen) atoms. The Morgan fingerprint density at radius 1 is 1.42 bits per heavy atom. The summed E-state index contributed by atoms with van der Waals surface area (Å²) in [7, 11) is 0. The molecule has 1 aromatic heterocycles. The normalized spacial score (nSPS) is 11.6. The zero-order valence-electron chi connectivity index (χ0n) is 7.38. The Morgan fingerprint density at radius 2 is 2.00 bits per heavy atom. The predicted octanol–water partition coefficient (Wildman–Crippen LogP) is 2.71. The van der Waals surface area contributed by atoms with Crippen LogP contribution in [-0.2, 0) is 0 Å². The summed E-state index contributed by atoms with van der Waals surface area (Å²) in [6.07, 6.45) is -2.44. The predicted molar refractivity (Wildman–Crippen MR) is 42.3 cm³/mol. The quantitative estimate of drug-likeness (QED) is 0.674. The van der Waals surface area contributed by atoms with E-state index in [0.717, 1.165) is 0 Å². The minimum absolute atomic E-state index is 0.00231. The third kappa shape index (κ3) is 1.62. The number of aromatic nitrogens is 2. The summed E-state index contributed by atoms with van der Waals surface area (Å²) < 4.78 is 26.0. The van der Waals surface area contributed by atoms with Crippen LogP contribution in [0.2, 0.25) is 0 Å². The molecule has 0 fully saturated rings. The molecule has 0 N–H and O–H groups in total. The van der Waals surface area contributed by atoms with E-state index in [9.17, 15) is 8.78 Å². The molecule has 2 nitrogen and oxygen atoms in total. The Hall–Kier alpha value is -0.930. The van der Waals surface area contributed by atoms with Gasteiger partial charge in [-0.3, -0.25) is 4.68 Å². The van der Waals surface area contributed by atoms with Gasteiger partial charge in [-0.05, 0) is 26.8 Å². The molecule has 0 amide bonds. The third-order valence-corrected chi connectivity index (χ3v) is 1.60. The molecule has 4 heteroatoms. The van der Waals surface area contributed by atoms with Gasteiger partial charge in [-0.15, -0.1) is 0 Å². The highest BCUT2D eigenvalue weighted by Gasteiger charge is 2.16. The Morgan fingerprint density at radius 3 is 2.33 bits per heavy atom. The van der Waals surface area contributed by atoms with Crippen LogP contribution in [0.5, 0.6) is 0 Å². The lowest BCUT2D eigenvalue weighted by molar-refractivity contribution is 0.137. The van der Waals surface area contributed by atoms with Crippen molar-refractivity contribution in [3.63, 3.8) is 0 Å². The smallest absolute Gasteiger partial charge is 0.261 e. The van der Waals surface area contributed by atoms with Crippen LogP contribution >= 0.6 is 0 Å². The van der Waals surface area contributed by atoms with Gasteiger partial charge in [0.05, 0.1) is 5.69 Å². The molecular weight excluding hydrogens is 162 g/mol. The van der Waals surface area contributed by atoms with Crippen molar-refractivity contribution >= 4 is 0 Å². The summed E-state index contributed by atoms with van der Waals surface area (Å²) in [6, 6.07) is 1.41. The highest BCUT2D eigenvalue weighted by Crippen LogP contribution is 2.22. The second-order valence-electron chi connectivity index (χ2n) is 3.05. The fourth-order valence-corrected chi connectivity index (χ4v) is 1.11. The zero-order chi connectivity index (χ0) is 9.30. The van der Waals surface area contributed by atoms with Crippen LogP contribution in [0, 0.1) is 6.92 Å². The number of alkyl halides is 2. The molecule has 1 heterocycles. The fraction of sp³-hybridized carbons (Fsp3) is 0.625. The van der Waals surface area contributed by atoms with Gasteiger partial charge in [-0.1, -0.05) is 0 Å². The Labute approximate surface area is 70.2 Å². The van der Waals surface area contributed by atoms with Gasteiger partial charge in [-0.25, -0.2) is 8.78 Å². The third-order valence-electron chi connectivity index (χ3n) is 1.60. The molecule has 0 saturated heterocycles. The lowest BCUT2D eigenvalue weighted by atomic mass is 10.3. The molecule has 0 aliphatic carbocycles. The van der Waals surface area contributed by atoms with Gasteiger partial charge < -0.3 is 0 Å². The van der Waals surface area contributed by atoms with E-state index < -0.39 is 6.43 Å². The van der Waals surface area contributed by atoms with Crippen LogP contribution in [0.4, 0.5) is 8.78 Å². The number of hydrogen-bond donors (Lipinski definition) is 0. The fourth-order valence-electron chi connectivity index (χ4n) is 1.11. The summed E-state index contributed by atoms with van der Waals surface area (Å²) >= 11 is 0. The Balaban J connectivity index is 3.08. The minimum Gasteiger partial charge on any atom is -0.261 e. The van der Waals surface area contributed by atoms with E-state index >= 15 is 0 Å². The number of rotatable bonds is 2. The van der Waals surface area contributed by atoms with E-state index in [1.807, 2.05) is 13.8 Å². The summed E-state index contributed by atoms with van der Waals surface area (Å²) in [6.45, 7) is 5.38. The Bertz CT molecular complexity index is 241. The van der Waals surface area contributed by atoms with Gasteiger partial charge in [0, 0.05) is 6.04 Å². The molecule has 0 atom stereocenters. The van der Waals surface area contributed by atoms with Crippen molar-refractivity contribution in [2.24, 2.45) is 0 Å². The van der Waals surface area contributed by atoms with Crippen LogP contribution in [0.15, 0.2) is 6.07 Å². The topological polar surface area (TPSA) is 17.8 Å². The second-order valence-corrected chi connectivity index (χ2v) is 3.05. The standard InChI is InChI=1S/C8H12F2N2/c1-5(2)12-7(8(9)10)4-6(3)11-12/h4-5,8H,1-3H3. The van der Waals surface area contributed by atoms with Crippen LogP contribution in [-0.4, -0.2) is 9.78 Å². The molecular formula is C8H12F2N2. The molecule has 0 aliphatic heterocycles. The molecule has 0 saturated carbocycles. The van der Waals surface area contributed by atoms with Gasteiger partial charge in [-0.2, -0.15) is 5.10 Å². The molecule has 1 aromatic rings. The van der Waals surface area contributed by atoms with Gasteiger partial charge in [0.15, 0.2) is 0 Å². The van der Waals surface area contributed by atoms with Crippen LogP contribution < -0.4 is 0 Å². The van der Waals surface area contributed by atoms with Crippen molar-refractivity contribution in [3.05, 3.63) is 17.5 Å². The number of aryl methyl sites for hydroxylation is 1. The molecule has 0 radical (unpaired) electrons. The first kappa shape index (κ1) is 9.16. The first-order valence-electron chi connectivity index (χ1n) is 3.86. The molecule has 0 spiro atoms. The maximum absolute atomic E-state index is 12.3. The van der Waals surface area contributed by atoms with Crippen molar-refractivity contribution in [1.29, 1.82) is 0 Å². The zero-order valence-corrected chi connectivity index (χ0v) is 7.38. The number of hydrogen-bond acceptors (Lipinski definition) is 1. The first-order valence-corrected chi connectivity index (χ1v) is 3.86. The van der Waals surface area contributed by atoms with Crippen LogP contribution in [0.3, 0.4) is 0 Å². The van der Waals surface area contributed by atoms with Gasteiger partial charge in [0.2, 0.25) is 0 Å². The van der Waals surface area contributed by atoms with Crippen molar-refractivity contribution < 1.29 is 8.78 Å². The van der Waals surface area contributed by atoms with E-state index in [-0.39, 0.29) is 11.7 Å². The van der Waals surface area contributed by atoms with E-state index in [1.54, 1.807) is 6.92 Å². The van der Waals surface area contributed by atoms with Gasteiger partial charge >= 0.3 is 0 Å². The van der Waals surface area contributed by atoms with Crippen LogP contribution in [0.25, 0.3) is 0 Å². The maximum atomic E-state index is 12.3. The monoisotopic (exact) mass is 174 g/mol. The van der Waals surface area contributed by atoms with Crippen LogP contribution in [0.1, 0.15) is 37.7 Å². The minimum atomic E-state index is -2.44. The van der Waals surface area contributed by atoms with E-state index in [4.69, 9.17) is 0 Å². The lowest BCUT2D eigenvalue weighted by Gasteiger charge is -2.09. The average Bonchev–Trinajstić information content (AvgIpc) is 2.31. The number of nitrogens with zero attached hydrogens (tertiary/aromatic N) is 2. The molecule has 0 unspecified atom stereocenters. The summed E-state index contributed by atoms with van der Waals surface area (Å²) in [5.74, 6) is 0. The highest BCUT2D eigenvalue weighted by molar-refractivity contribution is 5.10. The first-order chi connectivity index (χ1) is 5.52. The lowest BCUT2D eigenvalue weighted by Crippen LogP contribution is -2.07.